The van der Waals surface area contributed by atoms with Crippen molar-refractivity contribution in [3.8, 4) is 11.5 Å². The van der Waals surface area contributed by atoms with Crippen molar-refractivity contribution in [2.75, 3.05) is 31.7 Å². The van der Waals surface area contributed by atoms with E-state index in [9.17, 15) is 4.57 Å². The summed E-state index contributed by atoms with van der Waals surface area (Å²) in [7, 11) is -3.67. The molecule has 1 N–H and O–H groups in total. The zero-order valence-electron chi connectivity index (χ0n) is 15.7. The molecule has 10 heteroatoms. The molecule has 1 aliphatic rings. The quantitative estimate of drug-likeness (QED) is 0.532. The predicted molar refractivity (Wildman–Crippen MR) is 110 cm³/mol. The van der Waals surface area contributed by atoms with Crippen molar-refractivity contribution < 1.29 is 22.8 Å². The number of hydrogen-bond donors (Lipinski definition) is 1. The van der Waals surface area contributed by atoms with Crippen molar-refractivity contribution in [3.05, 3.63) is 28.2 Å². The Bertz CT molecular complexity index is 844. The largest absolute Gasteiger partial charge is 0.420 e. The van der Waals surface area contributed by atoms with Crippen LogP contribution in [0.2, 0.25) is 10.0 Å². The number of ether oxygens (including phenoxy) is 1. The second-order valence-corrected chi connectivity index (χ2v) is 8.92. The zero-order chi connectivity index (χ0) is 20.1. The Morgan fingerprint density at radius 1 is 1.29 bits per heavy atom. The van der Waals surface area contributed by atoms with Gasteiger partial charge in [-0.25, -0.2) is 0 Å². The summed E-state index contributed by atoms with van der Waals surface area (Å²) in [5.74, 6) is 0.424. The lowest BCUT2D eigenvalue weighted by Crippen LogP contribution is -2.22. The fourth-order valence-electron chi connectivity index (χ4n) is 2.90. The fraction of sp³-hybridized carbons (Fsp3) is 0.500. The van der Waals surface area contributed by atoms with E-state index in [2.05, 4.69) is 10.3 Å². The number of anilines is 1. The minimum atomic E-state index is -3.67. The van der Waals surface area contributed by atoms with E-state index in [0.717, 1.165) is 19.4 Å². The highest BCUT2D eigenvalue weighted by Gasteiger charge is 2.36. The summed E-state index contributed by atoms with van der Waals surface area (Å²) in [5, 5.41) is 4.00. The van der Waals surface area contributed by atoms with Crippen LogP contribution in [-0.2, 0) is 18.3 Å². The zero-order valence-corrected chi connectivity index (χ0v) is 18.1. The Balaban J connectivity index is 1.99. The maximum Gasteiger partial charge on any atom is 0.385 e. The number of benzene rings is 1. The minimum Gasteiger partial charge on any atom is -0.420 e. The van der Waals surface area contributed by atoms with Crippen LogP contribution in [0, 0.1) is 0 Å². The van der Waals surface area contributed by atoms with Crippen LogP contribution in [0.25, 0.3) is 11.5 Å². The van der Waals surface area contributed by atoms with E-state index < -0.39 is 7.60 Å². The van der Waals surface area contributed by atoms with Gasteiger partial charge in [-0.2, -0.15) is 4.98 Å². The fourth-order valence-corrected chi connectivity index (χ4v) is 4.98. The van der Waals surface area contributed by atoms with Crippen LogP contribution >= 0.6 is 30.8 Å². The van der Waals surface area contributed by atoms with E-state index in [1.54, 1.807) is 32.0 Å². The molecule has 0 saturated carbocycles. The number of nitrogens with zero attached hydrogens (tertiary/aromatic N) is 1. The Morgan fingerprint density at radius 3 is 2.64 bits per heavy atom. The molecule has 28 heavy (non-hydrogen) atoms. The summed E-state index contributed by atoms with van der Waals surface area (Å²) in [4.78, 5) is 4.41. The Kier molecular flexibility index (Phi) is 7.42. The molecule has 0 radical (unpaired) electrons. The number of halogens is 2. The SMILES string of the molecule is CCOP(=O)(OCC)c1nc(-c2ccc(Cl)cc2Cl)oc1NCC1CCCO1. The minimum absolute atomic E-state index is 0.0547. The normalized spacial score (nSPS) is 17.2. The van der Waals surface area contributed by atoms with Crippen LogP contribution in [-0.4, -0.2) is 37.5 Å². The summed E-state index contributed by atoms with van der Waals surface area (Å²) < 4.78 is 35.7. The molecule has 2 aromatic rings. The highest BCUT2D eigenvalue weighted by Crippen LogP contribution is 2.49. The molecule has 1 aliphatic heterocycles. The predicted octanol–water partition coefficient (Wildman–Crippen LogP) is 5.13. The van der Waals surface area contributed by atoms with E-state index >= 15 is 0 Å². The van der Waals surface area contributed by atoms with Crippen LogP contribution in [0.3, 0.4) is 0 Å². The molecule has 0 spiro atoms. The highest BCUT2D eigenvalue weighted by atomic mass is 35.5. The van der Waals surface area contributed by atoms with Gasteiger partial charge in [-0.1, -0.05) is 23.2 Å². The maximum absolute atomic E-state index is 13.3. The molecule has 1 atom stereocenters. The number of rotatable bonds is 9. The summed E-state index contributed by atoms with van der Waals surface area (Å²) >= 11 is 12.3. The molecule has 0 bridgehead atoms. The molecule has 7 nitrogen and oxygen atoms in total. The topological polar surface area (TPSA) is 82.8 Å². The van der Waals surface area contributed by atoms with Gasteiger partial charge in [0, 0.05) is 18.2 Å². The first-order valence-corrected chi connectivity index (χ1v) is 11.5. The van der Waals surface area contributed by atoms with Crippen LogP contribution in [0.5, 0.6) is 0 Å². The van der Waals surface area contributed by atoms with Gasteiger partial charge in [-0.3, -0.25) is 4.57 Å². The number of hydrogen-bond acceptors (Lipinski definition) is 7. The third kappa shape index (κ3) is 4.90. The smallest absolute Gasteiger partial charge is 0.385 e. The number of aromatic nitrogens is 1. The van der Waals surface area contributed by atoms with E-state index in [1.165, 1.54) is 0 Å². The van der Waals surface area contributed by atoms with Crippen molar-refractivity contribution in [2.45, 2.75) is 32.8 Å². The molecule has 154 valence electrons. The third-order valence-corrected chi connectivity index (χ3v) is 6.71. The van der Waals surface area contributed by atoms with E-state index in [4.69, 9.17) is 41.4 Å². The summed E-state index contributed by atoms with van der Waals surface area (Å²) in [5.41, 5.74) is 0.618. The third-order valence-electron chi connectivity index (χ3n) is 4.14. The van der Waals surface area contributed by atoms with Gasteiger partial charge in [0.05, 0.1) is 29.9 Å². The molecule has 0 amide bonds. The van der Waals surface area contributed by atoms with Gasteiger partial charge in [0.2, 0.25) is 17.2 Å². The van der Waals surface area contributed by atoms with Gasteiger partial charge in [-0.15, -0.1) is 0 Å². The average molecular weight is 449 g/mol. The lowest BCUT2D eigenvalue weighted by Gasteiger charge is -2.16. The molecule has 1 saturated heterocycles. The molecule has 1 aromatic carbocycles. The lowest BCUT2D eigenvalue weighted by atomic mass is 10.2. The molecule has 3 rings (SSSR count). The second kappa shape index (κ2) is 9.61. The molecule has 0 aliphatic carbocycles. The van der Waals surface area contributed by atoms with Gasteiger partial charge in [-0.05, 0) is 44.9 Å². The van der Waals surface area contributed by atoms with Gasteiger partial charge in [0.1, 0.15) is 0 Å². The summed E-state index contributed by atoms with van der Waals surface area (Å²) in [6.45, 7) is 5.11. The Labute approximate surface area is 174 Å². The molecule has 2 heterocycles. The molecule has 1 aromatic heterocycles. The van der Waals surface area contributed by atoms with E-state index in [-0.39, 0.29) is 36.5 Å². The van der Waals surface area contributed by atoms with Crippen LogP contribution in [0.4, 0.5) is 5.88 Å². The summed E-state index contributed by atoms with van der Waals surface area (Å²) in [6.07, 6.45) is 2.01. The first kappa shape index (κ1) is 21.6. The lowest BCUT2D eigenvalue weighted by molar-refractivity contribution is 0.120. The van der Waals surface area contributed by atoms with Crippen LogP contribution < -0.4 is 10.8 Å². The highest BCUT2D eigenvalue weighted by molar-refractivity contribution is 7.62. The Morgan fingerprint density at radius 2 is 2.04 bits per heavy atom. The van der Waals surface area contributed by atoms with E-state index in [0.29, 0.717) is 22.2 Å². The average Bonchev–Trinajstić information content (AvgIpc) is 3.30. The van der Waals surface area contributed by atoms with Gasteiger partial charge in [0.15, 0.2) is 0 Å². The second-order valence-electron chi connectivity index (χ2n) is 6.14. The van der Waals surface area contributed by atoms with Crippen molar-refractivity contribution in [1.82, 2.24) is 4.98 Å². The standard InChI is InChI=1S/C18H23Cl2N2O5P/c1-3-25-28(23,26-4-2)18-17(21-11-13-6-5-9-24-13)27-16(22-18)14-8-7-12(19)10-15(14)20/h7-8,10,13,21H,3-6,9,11H2,1-2H3. The van der Waals surface area contributed by atoms with Gasteiger partial charge < -0.3 is 23.5 Å². The van der Waals surface area contributed by atoms with Crippen molar-refractivity contribution in [2.24, 2.45) is 0 Å². The summed E-state index contributed by atoms with van der Waals surface area (Å²) in [6, 6.07) is 4.96. The van der Waals surface area contributed by atoms with E-state index in [1.807, 2.05) is 0 Å². The van der Waals surface area contributed by atoms with Crippen LogP contribution in [0.1, 0.15) is 26.7 Å². The molecular formula is C18H23Cl2N2O5P. The van der Waals surface area contributed by atoms with Crippen molar-refractivity contribution in [3.63, 3.8) is 0 Å². The molecule has 1 unspecified atom stereocenters. The first-order valence-electron chi connectivity index (χ1n) is 9.18. The van der Waals surface area contributed by atoms with Gasteiger partial charge in [0.25, 0.3) is 0 Å². The van der Waals surface area contributed by atoms with Crippen molar-refractivity contribution >= 4 is 42.1 Å². The van der Waals surface area contributed by atoms with Crippen LogP contribution in [0.15, 0.2) is 22.6 Å². The number of oxazole rings is 1. The maximum atomic E-state index is 13.3. The Hall–Kier alpha value is -1.08. The van der Waals surface area contributed by atoms with Gasteiger partial charge >= 0.3 is 7.60 Å². The van der Waals surface area contributed by atoms with Crippen molar-refractivity contribution in [1.29, 1.82) is 0 Å². The molecule has 1 fully saturated rings. The number of nitrogens with one attached hydrogen (secondary N) is 1. The first-order chi connectivity index (χ1) is 13.5. The monoisotopic (exact) mass is 448 g/mol. The molecular weight excluding hydrogens is 426 g/mol.